The summed E-state index contributed by atoms with van der Waals surface area (Å²) in [4.78, 5) is 19.1. The van der Waals surface area contributed by atoms with Crippen molar-refractivity contribution in [2.45, 2.75) is 6.42 Å². The minimum Gasteiger partial charge on any atom is -0.388 e. The van der Waals surface area contributed by atoms with Gasteiger partial charge in [-0.15, -0.1) is 5.10 Å². The number of rotatable bonds is 5. The molecule has 112 valence electrons. The maximum atomic E-state index is 13.0. The fourth-order valence-corrected chi connectivity index (χ4v) is 1.89. The second kappa shape index (κ2) is 6.17. The Balaban J connectivity index is 1.58. The van der Waals surface area contributed by atoms with Gasteiger partial charge < -0.3 is 9.73 Å². The average Bonchev–Trinajstić information content (AvgIpc) is 2.95. The molecule has 1 aromatic carbocycles. The van der Waals surface area contributed by atoms with Crippen molar-refractivity contribution >= 4 is 5.95 Å². The summed E-state index contributed by atoms with van der Waals surface area (Å²) in [6, 6.07) is 6.43. The third-order valence-electron chi connectivity index (χ3n) is 2.92. The van der Waals surface area contributed by atoms with Crippen LogP contribution in [0.4, 0.5) is 10.3 Å². The van der Waals surface area contributed by atoms with Crippen LogP contribution in [0.5, 0.6) is 0 Å². The molecule has 3 rings (SSSR count). The lowest BCUT2D eigenvalue weighted by Gasteiger charge is -2.05. The molecule has 0 aliphatic heterocycles. The molecule has 0 bridgehead atoms. The molecule has 0 saturated carbocycles. The van der Waals surface area contributed by atoms with Crippen LogP contribution in [0, 0.1) is 5.82 Å². The predicted molar refractivity (Wildman–Crippen MR) is 76.7 cm³/mol. The van der Waals surface area contributed by atoms with Gasteiger partial charge in [0.15, 0.2) is 0 Å². The Labute approximate surface area is 124 Å². The normalized spacial score (nSPS) is 10.6. The largest absolute Gasteiger partial charge is 0.434 e. The highest BCUT2D eigenvalue weighted by Crippen LogP contribution is 2.13. The highest BCUT2D eigenvalue weighted by molar-refractivity contribution is 5.49. The van der Waals surface area contributed by atoms with E-state index >= 15 is 0 Å². The van der Waals surface area contributed by atoms with Gasteiger partial charge in [0.1, 0.15) is 5.82 Å². The second-order valence-corrected chi connectivity index (χ2v) is 4.52. The number of nitrogens with one attached hydrogen (secondary N) is 2. The summed E-state index contributed by atoms with van der Waals surface area (Å²) in [6.07, 6.45) is 3.64. The summed E-state index contributed by atoms with van der Waals surface area (Å²) in [5.74, 6) is -0.319. The van der Waals surface area contributed by atoms with Crippen LogP contribution in [0.2, 0.25) is 0 Å². The van der Waals surface area contributed by atoms with Crippen LogP contribution in [0.25, 0.3) is 11.5 Å². The number of benzene rings is 1. The van der Waals surface area contributed by atoms with Crippen molar-refractivity contribution in [2.75, 3.05) is 11.9 Å². The molecule has 22 heavy (non-hydrogen) atoms. The molecule has 0 atom stereocenters. The van der Waals surface area contributed by atoms with Crippen molar-refractivity contribution < 1.29 is 8.81 Å². The lowest BCUT2D eigenvalue weighted by Crippen LogP contribution is -2.07. The minimum atomic E-state index is -0.632. The van der Waals surface area contributed by atoms with Crippen molar-refractivity contribution in [1.82, 2.24) is 20.2 Å². The van der Waals surface area contributed by atoms with E-state index < -0.39 is 5.76 Å². The smallest absolute Gasteiger partial charge is 0.388 e. The molecule has 2 N–H and O–H groups in total. The summed E-state index contributed by atoms with van der Waals surface area (Å²) >= 11 is 0. The first-order valence-electron chi connectivity index (χ1n) is 6.57. The number of H-pyrrole nitrogens is 1. The molecule has 0 spiro atoms. The number of nitrogens with zero attached hydrogens (tertiary/aromatic N) is 3. The van der Waals surface area contributed by atoms with E-state index in [2.05, 4.69) is 25.5 Å². The first kappa shape index (κ1) is 13.9. The first-order chi connectivity index (χ1) is 10.7. The van der Waals surface area contributed by atoms with E-state index in [1.165, 1.54) is 24.5 Å². The zero-order valence-corrected chi connectivity index (χ0v) is 11.4. The fourth-order valence-electron chi connectivity index (χ4n) is 1.89. The molecule has 3 aromatic rings. The molecular formula is C14H12FN5O2. The van der Waals surface area contributed by atoms with Crippen LogP contribution in [-0.4, -0.2) is 26.7 Å². The molecule has 0 radical (unpaired) electrons. The predicted octanol–water partition coefficient (Wildman–Crippen LogP) is 1.61. The number of aromatic nitrogens is 4. The maximum absolute atomic E-state index is 13.0. The molecule has 0 fully saturated rings. The molecule has 0 aliphatic carbocycles. The zero-order chi connectivity index (χ0) is 15.4. The zero-order valence-electron chi connectivity index (χ0n) is 11.4. The van der Waals surface area contributed by atoms with Crippen LogP contribution in [-0.2, 0) is 6.42 Å². The Bertz CT molecular complexity index is 812. The molecule has 0 unspecified atom stereocenters. The van der Waals surface area contributed by atoms with Crippen molar-refractivity contribution in [3.8, 4) is 11.5 Å². The number of anilines is 1. The highest BCUT2D eigenvalue weighted by Gasteiger charge is 2.06. The average molecular weight is 301 g/mol. The van der Waals surface area contributed by atoms with Crippen LogP contribution < -0.4 is 11.1 Å². The van der Waals surface area contributed by atoms with Gasteiger partial charge in [-0.05, 0) is 24.1 Å². The van der Waals surface area contributed by atoms with Crippen LogP contribution in [0.3, 0.4) is 0 Å². The van der Waals surface area contributed by atoms with Gasteiger partial charge in [0.25, 0.3) is 5.89 Å². The quantitative estimate of drug-likeness (QED) is 0.743. The summed E-state index contributed by atoms with van der Waals surface area (Å²) in [5.41, 5.74) is 1.39. The van der Waals surface area contributed by atoms with Gasteiger partial charge in [-0.1, -0.05) is 12.1 Å². The Hall–Kier alpha value is -3.03. The molecular weight excluding hydrogens is 289 g/mol. The Morgan fingerprint density at radius 3 is 2.77 bits per heavy atom. The minimum absolute atomic E-state index is 0.135. The van der Waals surface area contributed by atoms with Gasteiger partial charge >= 0.3 is 5.76 Å². The SMILES string of the molecule is O=c1[nH]nc(-c2cnc(NCCc3cccc(F)c3)nc2)o1. The summed E-state index contributed by atoms with van der Waals surface area (Å²) in [5, 5.41) is 8.88. The van der Waals surface area contributed by atoms with Crippen molar-refractivity contribution in [3.05, 3.63) is 58.6 Å². The maximum Gasteiger partial charge on any atom is 0.434 e. The van der Waals surface area contributed by atoms with E-state index in [0.29, 0.717) is 24.5 Å². The molecule has 0 saturated heterocycles. The Morgan fingerprint density at radius 2 is 2.09 bits per heavy atom. The third kappa shape index (κ3) is 3.35. The molecule has 2 heterocycles. The van der Waals surface area contributed by atoms with Gasteiger partial charge in [0.05, 0.1) is 5.56 Å². The Morgan fingerprint density at radius 1 is 1.27 bits per heavy atom. The lowest BCUT2D eigenvalue weighted by molar-refractivity contribution is 0.526. The van der Waals surface area contributed by atoms with Crippen molar-refractivity contribution in [3.63, 3.8) is 0 Å². The van der Waals surface area contributed by atoms with Gasteiger partial charge in [-0.2, -0.15) is 0 Å². The number of hydrogen-bond acceptors (Lipinski definition) is 6. The fraction of sp³-hybridized carbons (Fsp3) is 0.143. The van der Waals surface area contributed by atoms with Crippen LogP contribution in [0.1, 0.15) is 5.56 Å². The molecule has 0 aliphatic rings. The van der Waals surface area contributed by atoms with E-state index in [4.69, 9.17) is 4.42 Å². The molecule has 7 nitrogen and oxygen atoms in total. The summed E-state index contributed by atoms with van der Waals surface area (Å²) < 4.78 is 17.8. The molecule has 2 aromatic heterocycles. The standard InChI is InChI=1S/C14H12FN5O2/c15-11-3-1-2-9(6-11)4-5-16-13-17-7-10(8-18-13)12-19-20-14(21)22-12/h1-3,6-8H,4-5H2,(H,20,21)(H,16,17,18). The number of hydrogen-bond donors (Lipinski definition) is 2. The second-order valence-electron chi connectivity index (χ2n) is 4.52. The van der Waals surface area contributed by atoms with Crippen molar-refractivity contribution in [2.24, 2.45) is 0 Å². The van der Waals surface area contributed by atoms with E-state index in [0.717, 1.165) is 5.56 Å². The summed E-state index contributed by atoms with van der Waals surface area (Å²) in [7, 11) is 0. The topological polar surface area (TPSA) is 96.7 Å². The van der Waals surface area contributed by atoms with Gasteiger partial charge in [-0.25, -0.2) is 24.3 Å². The highest BCUT2D eigenvalue weighted by atomic mass is 19.1. The van der Waals surface area contributed by atoms with Crippen LogP contribution >= 0.6 is 0 Å². The van der Waals surface area contributed by atoms with Gasteiger partial charge in [-0.3, -0.25) is 0 Å². The third-order valence-corrected chi connectivity index (χ3v) is 2.92. The molecule has 8 heteroatoms. The van der Waals surface area contributed by atoms with E-state index in [-0.39, 0.29) is 11.7 Å². The summed E-state index contributed by atoms with van der Waals surface area (Å²) in [6.45, 7) is 0.570. The first-order valence-corrected chi connectivity index (χ1v) is 6.57. The van der Waals surface area contributed by atoms with Gasteiger partial charge in [0, 0.05) is 18.9 Å². The van der Waals surface area contributed by atoms with Gasteiger partial charge in [0.2, 0.25) is 5.95 Å². The van der Waals surface area contributed by atoms with Crippen LogP contribution in [0.15, 0.2) is 45.9 Å². The molecule has 0 amide bonds. The van der Waals surface area contributed by atoms with Crippen molar-refractivity contribution in [1.29, 1.82) is 0 Å². The number of halogens is 1. The number of aromatic amines is 1. The van der Waals surface area contributed by atoms with E-state index in [1.54, 1.807) is 6.07 Å². The lowest BCUT2D eigenvalue weighted by atomic mass is 10.1. The van der Waals surface area contributed by atoms with E-state index in [1.807, 2.05) is 6.07 Å². The monoisotopic (exact) mass is 301 g/mol. The Kier molecular flexibility index (Phi) is 3.90. The van der Waals surface area contributed by atoms with E-state index in [9.17, 15) is 9.18 Å².